The normalized spacial score (nSPS) is 12.6. The molecule has 0 saturated carbocycles. The van der Waals surface area contributed by atoms with Crippen LogP contribution in [0.4, 0.5) is 5.69 Å². The summed E-state index contributed by atoms with van der Waals surface area (Å²) in [6.07, 6.45) is 6.48. The van der Waals surface area contributed by atoms with Gasteiger partial charge in [0.05, 0.1) is 11.9 Å². The summed E-state index contributed by atoms with van der Waals surface area (Å²) in [6.45, 7) is 7.10. The lowest BCUT2D eigenvalue weighted by molar-refractivity contribution is -0.121. The summed E-state index contributed by atoms with van der Waals surface area (Å²) >= 11 is 5.96. The zero-order valence-corrected chi connectivity index (χ0v) is 18.5. The summed E-state index contributed by atoms with van der Waals surface area (Å²) in [4.78, 5) is 12.1. The zero-order valence-electron chi connectivity index (χ0n) is 16.9. The number of hydrogen-bond donors (Lipinski definition) is 1. The molecule has 7 heteroatoms. The maximum Gasteiger partial charge on any atom is 0.232 e. The molecule has 27 heavy (non-hydrogen) atoms. The zero-order chi connectivity index (χ0) is 20.4. The highest BCUT2D eigenvalue weighted by molar-refractivity contribution is 7.92. The molecular weight excluding hydrogens is 384 g/mol. The van der Waals surface area contributed by atoms with Gasteiger partial charge in [0.15, 0.2) is 0 Å². The van der Waals surface area contributed by atoms with Gasteiger partial charge >= 0.3 is 0 Å². The average Bonchev–Trinajstić information content (AvgIpc) is 2.59. The first-order valence-corrected chi connectivity index (χ1v) is 11.9. The minimum Gasteiger partial charge on any atom is -0.356 e. The number of unbranched alkanes of at least 4 members (excludes halogenated alkanes) is 1. The SMILES string of the molecule is CCCC[C@H](CC)CNC(=O)CCCN(c1ccc(Cl)cc1C)S(C)(=O)=O. The first-order chi connectivity index (χ1) is 12.7. The van der Waals surface area contributed by atoms with Crippen molar-refractivity contribution in [2.45, 2.75) is 59.3 Å². The van der Waals surface area contributed by atoms with Crippen LogP contribution >= 0.6 is 11.6 Å². The predicted octanol–water partition coefficient (Wildman–Crippen LogP) is 4.53. The molecule has 1 N–H and O–H groups in total. The van der Waals surface area contributed by atoms with Crippen LogP contribution in [0, 0.1) is 12.8 Å². The number of aryl methyl sites for hydroxylation is 1. The van der Waals surface area contributed by atoms with E-state index >= 15 is 0 Å². The smallest absolute Gasteiger partial charge is 0.232 e. The summed E-state index contributed by atoms with van der Waals surface area (Å²) in [6, 6.07) is 5.12. The Hall–Kier alpha value is -1.27. The Balaban J connectivity index is 2.58. The molecule has 0 spiro atoms. The quantitative estimate of drug-likeness (QED) is 0.544. The van der Waals surface area contributed by atoms with Gasteiger partial charge in [-0.2, -0.15) is 0 Å². The second kappa shape index (κ2) is 11.5. The van der Waals surface area contributed by atoms with E-state index in [-0.39, 0.29) is 12.5 Å². The molecule has 1 atom stereocenters. The van der Waals surface area contributed by atoms with E-state index in [4.69, 9.17) is 11.6 Å². The van der Waals surface area contributed by atoms with Gasteiger partial charge in [-0.25, -0.2) is 8.42 Å². The number of nitrogens with one attached hydrogen (secondary N) is 1. The van der Waals surface area contributed by atoms with E-state index in [0.29, 0.717) is 36.0 Å². The molecule has 1 rings (SSSR count). The highest BCUT2D eigenvalue weighted by Crippen LogP contribution is 2.26. The number of amides is 1. The lowest BCUT2D eigenvalue weighted by Gasteiger charge is -2.24. The van der Waals surface area contributed by atoms with Gasteiger partial charge in [0.25, 0.3) is 0 Å². The Morgan fingerprint density at radius 2 is 1.96 bits per heavy atom. The van der Waals surface area contributed by atoms with Gasteiger partial charge < -0.3 is 5.32 Å². The molecule has 0 saturated heterocycles. The Morgan fingerprint density at radius 1 is 1.26 bits per heavy atom. The first-order valence-electron chi connectivity index (χ1n) is 9.69. The summed E-state index contributed by atoms with van der Waals surface area (Å²) < 4.78 is 25.7. The van der Waals surface area contributed by atoms with Gasteiger partial charge in [-0.1, -0.05) is 44.7 Å². The van der Waals surface area contributed by atoms with E-state index in [0.717, 1.165) is 24.8 Å². The second-order valence-corrected chi connectivity index (χ2v) is 9.43. The molecule has 1 aromatic carbocycles. The molecule has 5 nitrogen and oxygen atoms in total. The summed E-state index contributed by atoms with van der Waals surface area (Å²) in [5.74, 6) is 0.490. The highest BCUT2D eigenvalue weighted by Gasteiger charge is 2.19. The van der Waals surface area contributed by atoms with E-state index in [2.05, 4.69) is 19.2 Å². The molecular formula is C20H33ClN2O3S. The Morgan fingerprint density at radius 3 is 2.52 bits per heavy atom. The number of rotatable bonds is 12. The van der Waals surface area contributed by atoms with Gasteiger partial charge in [-0.3, -0.25) is 9.10 Å². The van der Waals surface area contributed by atoms with Crippen molar-refractivity contribution in [1.29, 1.82) is 0 Å². The number of sulfonamides is 1. The van der Waals surface area contributed by atoms with Crippen LogP contribution in [0.3, 0.4) is 0 Å². The van der Waals surface area contributed by atoms with Crippen molar-refractivity contribution in [3.63, 3.8) is 0 Å². The summed E-state index contributed by atoms with van der Waals surface area (Å²) in [5, 5.41) is 3.56. The van der Waals surface area contributed by atoms with Crippen molar-refractivity contribution in [2.75, 3.05) is 23.7 Å². The Labute approximate surface area is 169 Å². The average molecular weight is 417 g/mol. The Bertz CT molecular complexity index is 707. The number of carbonyl (C=O) groups excluding carboxylic acids is 1. The molecule has 0 aliphatic rings. The fourth-order valence-electron chi connectivity index (χ4n) is 3.04. The molecule has 0 heterocycles. The molecule has 1 amide bonds. The standard InChI is InChI=1S/C20H33ClN2O3S/c1-5-7-9-17(6-2)15-22-20(24)10-8-13-23(27(4,25)26)19-12-11-18(21)14-16(19)3/h11-12,14,17H,5-10,13,15H2,1-4H3,(H,22,24)/t17-/m0/s1. The van der Waals surface area contributed by atoms with Crippen molar-refractivity contribution in [2.24, 2.45) is 5.92 Å². The molecule has 0 fully saturated rings. The fraction of sp³-hybridized carbons (Fsp3) is 0.650. The van der Waals surface area contributed by atoms with Crippen LogP contribution in [-0.4, -0.2) is 33.7 Å². The van der Waals surface area contributed by atoms with Gasteiger partial charge in [-0.15, -0.1) is 0 Å². The van der Waals surface area contributed by atoms with E-state index in [1.54, 1.807) is 18.2 Å². The topological polar surface area (TPSA) is 66.5 Å². The van der Waals surface area contributed by atoms with Crippen molar-refractivity contribution in [3.8, 4) is 0 Å². The maximum atomic E-state index is 12.2. The van der Waals surface area contributed by atoms with Crippen molar-refractivity contribution >= 4 is 33.2 Å². The van der Waals surface area contributed by atoms with Crippen LogP contribution in [0.1, 0.15) is 57.9 Å². The number of anilines is 1. The third-order valence-electron chi connectivity index (χ3n) is 4.72. The minimum atomic E-state index is -3.43. The van der Waals surface area contributed by atoms with Crippen LogP contribution in [0.5, 0.6) is 0 Å². The molecule has 154 valence electrons. The number of carbonyl (C=O) groups is 1. The van der Waals surface area contributed by atoms with Gasteiger partial charge in [-0.05, 0) is 49.4 Å². The van der Waals surface area contributed by atoms with Crippen LogP contribution in [0.15, 0.2) is 18.2 Å². The number of benzene rings is 1. The molecule has 0 bridgehead atoms. The van der Waals surface area contributed by atoms with Crippen LogP contribution in [0.25, 0.3) is 0 Å². The molecule has 0 unspecified atom stereocenters. The third kappa shape index (κ3) is 8.52. The lowest BCUT2D eigenvalue weighted by Crippen LogP contribution is -2.33. The number of halogens is 1. The van der Waals surface area contributed by atoms with Gasteiger partial charge in [0.1, 0.15) is 0 Å². The Kier molecular flexibility index (Phi) is 10.2. The van der Waals surface area contributed by atoms with E-state index in [1.165, 1.54) is 17.0 Å². The van der Waals surface area contributed by atoms with Crippen LogP contribution < -0.4 is 9.62 Å². The monoisotopic (exact) mass is 416 g/mol. The molecule has 0 radical (unpaired) electrons. The van der Waals surface area contributed by atoms with Crippen molar-refractivity contribution in [1.82, 2.24) is 5.32 Å². The molecule has 0 aromatic heterocycles. The summed E-state index contributed by atoms with van der Waals surface area (Å²) in [5.41, 5.74) is 1.40. The maximum absolute atomic E-state index is 12.2. The fourth-order valence-corrected chi connectivity index (χ4v) is 4.29. The van der Waals surface area contributed by atoms with Crippen LogP contribution in [-0.2, 0) is 14.8 Å². The van der Waals surface area contributed by atoms with Crippen molar-refractivity contribution < 1.29 is 13.2 Å². The summed E-state index contributed by atoms with van der Waals surface area (Å²) in [7, 11) is -3.43. The number of hydrogen-bond acceptors (Lipinski definition) is 3. The lowest BCUT2D eigenvalue weighted by atomic mass is 9.99. The van der Waals surface area contributed by atoms with Crippen molar-refractivity contribution in [3.05, 3.63) is 28.8 Å². The van der Waals surface area contributed by atoms with Crippen LogP contribution in [0.2, 0.25) is 5.02 Å². The van der Waals surface area contributed by atoms with E-state index < -0.39 is 10.0 Å². The number of nitrogens with zero attached hydrogens (tertiary/aromatic N) is 1. The van der Waals surface area contributed by atoms with E-state index in [9.17, 15) is 13.2 Å². The minimum absolute atomic E-state index is 0.0220. The third-order valence-corrected chi connectivity index (χ3v) is 6.14. The predicted molar refractivity (Wildman–Crippen MR) is 114 cm³/mol. The first kappa shape index (κ1) is 23.8. The van der Waals surface area contributed by atoms with Gasteiger partial charge in [0, 0.05) is 24.5 Å². The molecule has 0 aliphatic heterocycles. The highest BCUT2D eigenvalue weighted by atomic mass is 35.5. The second-order valence-electron chi connectivity index (χ2n) is 7.09. The van der Waals surface area contributed by atoms with Gasteiger partial charge in [0.2, 0.25) is 15.9 Å². The molecule has 1 aromatic rings. The van der Waals surface area contributed by atoms with E-state index in [1.807, 2.05) is 6.92 Å². The largest absolute Gasteiger partial charge is 0.356 e. The molecule has 0 aliphatic carbocycles.